The summed E-state index contributed by atoms with van der Waals surface area (Å²) in [6.07, 6.45) is 4.92. The quantitative estimate of drug-likeness (QED) is 0.147. The van der Waals surface area contributed by atoms with Crippen molar-refractivity contribution in [1.82, 2.24) is 0 Å². The first-order valence-electron chi connectivity index (χ1n) is 11.9. The maximum atomic E-state index is 6.78. The van der Waals surface area contributed by atoms with Crippen LogP contribution in [0.5, 0.6) is 0 Å². The van der Waals surface area contributed by atoms with Gasteiger partial charge in [-0.2, -0.15) is 6.54 Å². The summed E-state index contributed by atoms with van der Waals surface area (Å²) < 4.78 is 0. The Kier molecular flexibility index (Phi) is 19.5. The monoisotopic (exact) mass is 697 g/mol. The predicted octanol–water partition coefficient (Wildman–Crippen LogP) is 1.68. The van der Waals surface area contributed by atoms with Crippen molar-refractivity contribution in [2.24, 2.45) is 0 Å². The van der Waals surface area contributed by atoms with Crippen molar-refractivity contribution >= 4 is 41.4 Å². The van der Waals surface area contributed by atoms with Crippen LogP contribution in [0.3, 0.4) is 0 Å². The number of rotatable bonds is 6. The molecule has 36 heavy (non-hydrogen) atoms. The minimum Gasteiger partial charge on any atom is -1.00 e. The van der Waals surface area contributed by atoms with Crippen LogP contribution >= 0.6 is 0 Å². The molecule has 5 rings (SSSR count). The SMILES string of the molecule is CCCCCC[NH-].[Cl-].[Cl-].[Hf+4].c1ccc([Si]c2ccccc2)cc1.c1ccc2c(c1)[cH-]c1ccccc12. The van der Waals surface area contributed by atoms with Crippen molar-refractivity contribution in [3.05, 3.63) is 121 Å². The molecule has 5 aromatic carbocycles. The van der Waals surface area contributed by atoms with Crippen molar-refractivity contribution in [2.45, 2.75) is 32.6 Å². The number of hydrogen-bond donors (Lipinski definition) is 0. The van der Waals surface area contributed by atoms with E-state index in [4.69, 9.17) is 5.73 Å². The molecule has 0 bridgehead atoms. The topological polar surface area (TPSA) is 23.8 Å². The largest absolute Gasteiger partial charge is 4.00 e. The van der Waals surface area contributed by atoms with Crippen LogP contribution < -0.4 is 35.2 Å². The van der Waals surface area contributed by atoms with Crippen molar-refractivity contribution in [3.63, 3.8) is 0 Å². The van der Waals surface area contributed by atoms with E-state index in [0.29, 0.717) is 6.54 Å². The number of halogens is 2. The van der Waals surface area contributed by atoms with Gasteiger partial charge in [0, 0.05) is 0 Å². The Morgan fingerprint density at radius 2 is 1.00 bits per heavy atom. The molecule has 0 amide bonds. The fourth-order valence-corrected chi connectivity index (χ4v) is 4.72. The van der Waals surface area contributed by atoms with Gasteiger partial charge in [0.2, 0.25) is 0 Å². The number of nitrogens with one attached hydrogen (secondary N) is 1. The summed E-state index contributed by atoms with van der Waals surface area (Å²) in [5.41, 5.74) is 6.78. The molecule has 5 aromatic rings. The molecule has 0 unspecified atom stereocenters. The zero-order chi connectivity index (χ0) is 23.1. The number of hydrogen-bond acceptors (Lipinski definition) is 0. The third-order valence-corrected chi connectivity index (χ3v) is 6.63. The first-order valence-corrected chi connectivity index (χ1v) is 12.9. The van der Waals surface area contributed by atoms with E-state index in [2.05, 4.69) is 122 Å². The van der Waals surface area contributed by atoms with Gasteiger partial charge in [0.25, 0.3) is 0 Å². The van der Waals surface area contributed by atoms with E-state index in [9.17, 15) is 0 Å². The van der Waals surface area contributed by atoms with E-state index >= 15 is 0 Å². The van der Waals surface area contributed by atoms with Crippen LogP contribution in [0.2, 0.25) is 0 Å². The van der Waals surface area contributed by atoms with Gasteiger partial charge in [-0.3, -0.25) is 0 Å². The maximum Gasteiger partial charge on any atom is 4.00 e. The van der Waals surface area contributed by atoms with Gasteiger partial charge in [-0.25, -0.2) is 0 Å². The van der Waals surface area contributed by atoms with Crippen molar-refractivity contribution in [1.29, 1.82) is 0 Å². The van der Waals surface area contributed by atoms with Crippen LogP contribution in [0.4, 0.5) is 0 Å². The smallest absolute Gasteiger partial charge is 1.00 e. The summed E-state index contributed by atoms with van der Waals surface area (Å²) >= 11 is 0. The summed E-state index contributed by atoms with van der Waals surface area (Å²) in [5, 5.41) is 8.19. The van der Waals surface area contributed by atoms with E-state index in [0.717, 1.165) is 15.9 Å². The minimum absolute atomic E-state index is 0. The standard InChI is InChI=1S/C13H9.C12H10Si.C6H14N.2ClH.Hf/c1-3-7-12-10(5-1)9-11-6-2-4-8-13(11)12;1-3-7-11(8-4-1)13-12-9-5-2-6-10-12;1-2-3-4-5-6-7;;;/h1-9H;1-10H;7H,2-6H2,1H3;2*1H;/q-1;;-1;;;+4/p-2. The van der Waals surface area contributed by atoms with E-state index < -0.39 is 0 Å². The van der Waals surface area contributed by atoms with Crippen molar-refractivity contribution < 1.29 is 50.7 Å². The van der Waals surface area contributed by atoms with Crippen LogP contribution in [-0.2, 0) is 25.8 Å². The second-order valence-electron chi connectivity index (χ2n) is 7.99. The second-order valence-corrected chi connectivity index (χ2v) is 9.39. The molecular weight excluding hydrogens is 664 g/mol. The zero-order valence-electron chi connectivity index (χ0n) is 20.8. The molecule has 2 radical (unpaired) electrons. The van der Waals surface area contributed by atoms with E-state index in [1.807, 2.05) is 0 Å². The first-order chi connectivity index (χ1) is 16.3. The Balaban J connectivity index is 0.000000514. The average Bonchev–Trinajstić information content (AvgIpc) is 3.25. The molecular formula is C31H33Cl2HfNSi. The first kappa shape index (κ1) is 34.4. The molecule has 0 aromatic heterocycles. The number of benzene rings is 4. The molecule has 1 nitrogen and oxygen atoms in total. The molecule has 0 saturated heterocycles. The predicted molar refractivity (Wildman–Crippen MR) is 148 cm³/mol. The van der Waals surface area contributed by atoms with Gasteiger partial charge in [0.1, 0.15) is 9.52 Å². The molecule has 0 saturated carbocycles. The van der Waals surface area contributed by atoms with Crippen molar-refractivity contribution in [2.75, 3.05) is 6.54 Å². The fraction of sp³-hybridized carbons (Fsp3) is 0.194. The second kappa shape index (κ2) is 20.4. The third kappa shape index (κ3) is 11.6. The van der Waals surface area contributed by atoms with Gasteiger partial charge < -0.3 is 30.5 Å². The molecule has 1 N–H and O–H groups in total. The van der Waals surface area contributed by atoms with Gasteiger partial charge in [0.15, 0.2) is 0 Å². The van der Waals surface area contributed by atoms with Gasteiger partial charge in [0.05, 0.1) is 0 Å². The van der Waals surface area contributed by atoms with Gasteiger partial charge in [-0.05, 0) is 0 Å². The molecule has 0 heterocycles. The molecule has 0 aliphatic rings. The van der Waals surface area contributed by atoms with Gasteiger partial charge in [-0.15, -0.1) is 39.7 Å². The van der Waals surface area contributed by atoms with Crippen LogP contribution in [0.25, 0.3) is 27.3 Å². The number of fused-ring (bicyclic) bond motifs is 3. The average molecular weight is 697 g/mol. The summed E-state index contributed by atoms with van der Waals surface area (Å²) in [5.74, 6) is 0. The molecule has 184 valence electrons. The zero-order valence-corrected chi connectivity index (χ0v) is 26.9. The summed E-state index contributed by atoms with van der Waals surface area (Å²) in [6, 6.07) is 40.4. The van der Waals surface area contributed by atoms with Gasteiger partial charge in [-0.1, -0.05) is 140 Å². The van der Waals surface area contributed by atoms with Crippen LogP contribution in [-0.4, -0.2) is 16.1 Å². The molecule has 0 fully saturated rings. The third-order valence-electron chi connectivity index (χ3n) is 5.39. The molecule has 0 aliphatic carbocycles. The molecule has 0 atom stereocenters. The van der Waals surface area contributed by atoms with E-state index in [1.54, 1.807) is 0 Å². The van der Waals surface area contributed by atoms with E-state index in [1.165, 1.54) is 51.2 Å². The van der Waals surface area contributed by atoms with Gasteiger partial charge >= 0.3 is 25.8 Å². The van der Waals surface area contributed by atoms with Crippen molar-refractivity contribution in [3.8, 4) is 0 Å². The Morgan fingerprint density at radius 3 is 1.42 bits per heavy atom. The summed E-state index contributed by atoms with van der Waals surface area (Å²) in [4.78, 5) is 0. The van der Waals surface area contributed by atoms with Crippen LogP contribution in [0.1, 0.15) is 32.6 Å². The summed E-state index contributed by atoms with van der Waals surface area (Å²) in [7, 11) is 0.777. The molecule has 5 heteroatoms. The van der Waals surface area contributed by atoms with Crippen LogP contribution in [0.15, 0.2) is 115 Å². The van der Waals surface area contributed by atoms with Crippen LogP contribution in [0, 0.1) is 0 Å². The Morgan fingerprint density at radius 1 is 0.583 bits per heavy atom. The van der Waals surface area contributed by atoms with E-state index in [-0.39, 0.29) is 50.7 Å². The molecule has 0 aliphatic heterocycles. The summed E-state index contributed by atoms with van der Waals surface area (Å²) in [6.45, 7) is 2.80. The molecule has 0 spiro atoms. The fourth-order valence-electron chi connectivity index (χ4n) is 3.67. The Bertz CT molecular complexity index is 1100. The normalized spacial score (nSPS) is 9.39. The Labute approximate surface area is 250 Å². The Hall–Kier alpha value is -1.62. The number of unbranched alkanes of at least 4 members (excludes halogenated alkanes) is 3. The maximum absolute atomic E-state index is 6.78. The minimum atomic E-state index is 0.